The molecule has 100 valence electrons. The summed E-state index contributed by atoms with van der Waals surface area (Å²) in [6.07, 6.45) is -0.901. The van der Waals surface area contributed by atoms with Crippen LogP contribution in [0, 0.1) is 0 Å². The van der Waals surface area contributed by atoms with Gasteiger partial charge in [-0.15, -0.1) is 0 Å². The Morgan fingerprint density at radius 1 is 0.789 bits per heavy atom. The van der Waals surface area contributed by atoms with Crippen molar-refractivity contribution in [3.8, 4) is 0 Å². The van der Waals surface area contributed by atoms with E-state index in [0.717, 1.165) is 0 Å². The summed E-state index contributed by atoms with van der Waals surface area (Å²) < 4.78 is 0.575. The molecule has 0 aliphatic carbocycles. The third-order valence-electron chi connectivity index (χ3n) is 2.08. The fourth-order valence-electron chi connectivity index (χ4n) is 1.31. The van der Waals surface area contributed by atoms with Crippen LogP contribution in [0.15, 0.2) is 19.2 Å². The first-order chi connectivity index (χ1) is 8.88. The van der Waals surface area contributed by atoms with Gasteiger partial charge >= 0.3 is 22.8 Å². The number of H-pyrrole nitrogens is 4. The topological polar surface area (TPSA) is 175 Å². The zero-order valence-corrected chi connectivity index (χ0v) is 9.05. The number of hydrogen-bond acceptors (Lipinski definition) is 6. The van der Waals surface area contributed by atoms with E-state index in [0.29, 0.717) is 0 Å². The van der Waals surface area contributed by atoms with Gasteiger partial charge in [-0.3, -0.25) is 19.6 Å². The summed E-state index contributed by atoms with van der Waals surface area (Å²) in [6.45, 7) is 0. The van der Waals surface area contributed by atoms with Gasteiger partial charge in [0.1, 0.15) is 6.42 Å². The Balaban J connectivity index is 2.27. The highest BCUT2D eigenvalue weighted by Gasteiger charge is 2.18. The molecule has 0 aliphatic rings. The van der Waals surface area contributed by atoms with Crippen molar-refractivity contribution in [3.63, 3.8) is 0 Å². The summed E-state index contributed by atoms with van der Waals surface area (Å²) in [6, 6.07) is 0. The average Bonchev–Trinajstić information content (AvgIpc) is 2.81. The standard InChI is InChI=1S/C7H6N6O6/c14-2(12-6(18)8-4(16)10-12)1-3(15)13-7(19)9-5(17)11-13/h1H2,(H2,8,10,16,18)(H2,9,11,17,19). The Morgan fingerprint density at radius 3 is 1.42 bits per heavy atom. The van der Waals surface area contributed by atoms with E-state index >= 15 is 0 Å². The van der Waals surface area contributed by atoms with Gasteiger partial charge < -0.3 is 0 Å². The number of nitrogens with one attached hydrogen (secondary N) is 4. The molecule has 0 aliphatic heterocycles. The molecule has 0 unspecified atom stereocenters. The zero-order chi connectivity index (χ0) is 14.2. The molecular formula is C7H6N6O6. The van der Waals surface area contributed by atoms with E-state index in [4.69, 9.17) is 0 Å². The predicted octanol–water partition coefficient (Wildman–Crippen LogP) is -3.59. The molecule has 0 fully saturated rings. The van der Waals surface area contributed by atoms with E-state index in [-0.39, 0.29) is 9.36 Å². The molecular weight excluding hydrogens is 264 g/mol. The number of rotatable bonds is 2. The molecule has 2 heterocycles. The molecule has 12 nitrogen and oxygen atoms in total. The lowest BCUT2D eigenvalue weighted by molar-refractivity contribution is 0.0779. The van der Waals surface area contributed by atoms with Crippen molar-refractivity contribution in [2.45, 2.75) is 6.42 Å². The normalized spacial score (nSPS) is 10.5. The van der Waals surface area contributed by atoms with E-state index in [1.54, 1.807) is 9.97 Å². The summed E-state index contributed by atoms with van der Waals surface area (Å²) in [7, 11) is 0. The number of aromatic amines is 4. The maximum atomic E-state index is 11.5. The first-order valence-corrected chi connectivity index (χ1v) is 4.77. The van der Waals surface area contributed by atoms with Crippen molar-refractivity contribution in [3.05, 3.63) is 41.9 Å². The molecule has 4 N–H and O–H groups in total. The van der Waals surface area contributed by atoms with Crippen LogP contribution in [0.5, 0.6) is 0 Å². The summed E-state index contributed by atoms with van der Waals surface area (Å²) in [5, 5.41) is 3.69. The fraction of sp³-hybridized carbons (Fsp3) is 0.143. The molecule has 0 radical (unpaired) electrons. The zero-order valence-electron chi connectivity index (χ0n) is 9.05. The number of carbonyl (C=O) groups is 2. The lowest BCUT2D eigenvalue weighted by Gasteiger charge is -1.98. The van der Waals surface area contributed by atoms with Gasteiger partial charge in [0, 0.05) is 0 Å². The third kappa shape index (κ3) is 2.26. The molecule has 0 bridgehead atoms. The van der Waals surface area contributed by atoms with Crippen molar-refractivity contribution < 1.29 is 9.59 Å². The van der Waals surface area contributed by atoms with Crippen molar-refractivity contribution in [1.29, 1.82) is 0 Å². The van der Waals surface area contributed by atoms with Gasteiger partial charge in [0.2, 0.25) is 0 Å². The fourth-order valence-corrected chi connectivity index (χ4v) is 1.31. The van der Waals surface area contributed by atoms with Gasteiger partial charge in [-0.25, -0.2) is 29.4 Å². The van der Waals surface area contributed by atoms with Crippen molar-refractivity contribution in [1.82, 2.24) is 29.5 Å². The number of nitrogens with zero attached hydrogens (tertiary/aromatic N) is 2. The van der Waals surface area contributed by atoms with Gasteiger partial charge in [-0.05, 0) is 0 Å². The molecule has 19 heavy (non-hydrogen) atoms. The lowest BCUT2D eigenvalue weighted by atomic mass is 10.4. The van der Waals surface area contributed by atoms with E-state index in [1.807, 2.05) is 10.2 Å². The minimum atomic E-state index is -1.07. The Hall–Kier alpha value is -3.18. The second-order valence-corrected chi connectivity index (χ2v) is 3.38. The van der Waals surface area contributed by atoms with Gasteiger partial charge in [-0.1, -0.05) is 0 Å². The summed E-state index contributed by atoms with van der Waals surface area (Å²) in [4.78, 5) is 70.2. The van der Waals surface area contributed by atoms with Crippen LogP contribution >= 0.6 is 0 Å². The van der Waals surface area contributed by atoms with Crippen molar-refractivity contribution >= 4 is 11.8 Å². The smallest absolute Gasteiger partial charge is 0.272 e. The Bertz CT molecular complexity index is 795. The number of aromatic nitrogens is 6. The van der Waals surface area contributed by atoms with Crippen LogP contribution in [0.3, 0.4) is 0 Å². The van der Waals surface area contributed by atoms with Crippen LogP contribution in [0.4, 0.5) is 0 Å². The highest BCUT2D eigenvalue weighted by atomic mass is 16.2. The Kier molecular flexibility index (Phi) is 2.74. The van der Waals surface area contributed by atoms with Gasteiger partial charge in [-0.2, -0.15) is 9.36 Å². The van der Waals surface area contributed by atoms with Crippen LogP contribution < -0.4 is 22.8 Å². The minimum Gasteiger partial charge on any atom is -0.272 e. The van der Waals surface area contributed by atoms with Crippen LogP contribution in [0.1, 0.15) is 16.0 Å². The summed E-state index contributed by atoms with van der Waals surface area (Å²) >= 11 is 0. The van der Waals surface area contributed by atoms with E-state index in [1.165, 1.54) is 0 Å². The van der Waals surface area contributed by atoms with Gasteiger partial charge in [0.15, 0.2) is 0 Å². The highest BCUT2D eigenvalue weighted by molar-refractivity contribution is 5.98. The SMILES string of the molecule is O=C(CC(=O)n1[nH]c(=O)[nH]c1=O)n1[nH]c(=O)[nH]c1=O. The first kappa shape index (κ1) is 12.3. The van der Waals surface area contributed by atoms with Crippen molar-refractivity contribution in [2.75, 3.05) is 0 Å². The third-order valence-corrected chi connectivity index (χ3v) is 2.08. The van der Waals surface area contributed by atoms with Crippen LogP contribution in [-0.4, -0.2) is 41.3 Å². The molecule has 0 amide bonds. The van der Waals surface area contributed by atoms with E-state index in [9.17, 15) is 28.8 Å². The average molecular weight is 270 g/mol. The lowest BCUT2D eigenvalue weighted by Crippen LogP contribution is -2.32. The molecule has 2 rings (SSSR count). The van der Waals surface area contributed by atoms with Crippen molar-refractivity contribution in [2.24, 2.45) is 0 Å². The second-order valence-electron chi connectivity index (χ2n) is 3.38. The monoisotopic (exact) mass is 270 g/mol. The quantitative estimate of drug-likeness (QED) is 0.410. The van der Waals surface area contributed by atoms with E-state index in [2.05, 4.69) is 0 Å². The molecule has 0 saturated carbocycles. The minimum absolute atomic E-state index is 0.288. The Morgan fingerprint density at radius 2 is 1.16 bits per heavy atom. The first-order valence-electron chi connectivity index (χ1n) is 4.77. The predicted molar refractivity (Wildman–Crippen MR) is 57.2 cm³/mol. The summed E-state index contributed by atoms with van der Waals surface area (Å²) in [5.41, 5.74) is -3.92. The Labute approximate surface area is 100 Å². The molecule has 2 aromatic heterocycles. The summed E-state index contributed by atoms with van der Waals surface area (Å²) in [5.74, 6) is -2.13. The van der Waals surface area contributed by atoms with Crippen LogP contribution in [0.2, 0.25) is 0 Å². The highest BCUT2D eigenvalue weighted by Crippen LogP contribution is 1.87. The largest absolute Gasteiger partial charge is 0.351 e. The number of carbonyl (C=O) groups excluding carboxylic acids is 2. The van der Waals surface area contributed by atoms with Gasteiger partial charge in [0.05, 0.1) is 0 Å². The second kappa shape index (κ2) is 4.25. The molecule has 2 aromatic rings. The van der Waals surface area contributed by atoms with Crippen LogP contribution in [0.25, 0.3) is 0 Å². The number of hydrogen-bond donors (Lipinski definition) is 4. The maximum absolute atomic E-state index is 11.5. The van der Waals surface area contributed by atoms with E-state index < -0.39 is 41.0 Å². The molecule has 0 aromatic carbocycles. The molecule has 0 saturated heterocycles. The molecule has 0 atom stereocenters. The maximum Gasteiger partial charge on any atom is 0.351 e. The van der Waals surface area contributed by atoms with Crippen LogP contribution in [-0.2, 0) is 0 Å². The molecule has 0 spiro atoms. The van der Waals surface area contributed by atoms with Gasteiger partial charge in [0.25, 0.3) is 11.8 Å². The molecule has 12 heteroatoms.